The molecule has 0 amide bonds. The zero-order valence-electron chi connectivity index (χ0n) is 6.84. The molecule has 0 aromatic rings. The van der Waals surface area contributed by atoms with Gasteiger partial charge in [-0.15, -0.1) is 0 Å². The lowest BCUT2D eigenvalue weighted by Crippen LogP contribution is -2.04. The van der Waals surface area contributed by atoms with Crippen LogP contribution in [0.1, 0.15) is 32.6 Å². The molecule has 0 saturated carbocycles. The molecule has 2 nitrogen and oxygen atoms in total. The normalized spacial score (nSPS) is 24.5. The topological polar surface area (TPSA) is 37.3 Å². The van der Waals surface area contributed by atoms with E-state index in [1.54, 1.807) is 0 Å². The van der Waals surface area contributed by atoms with Gasteiger partial charge >= 0.3 is 5.97 Å². The van der Waals surface area contributed by atoms with E-state index in [-0.39, 0.29) is 6.42 Å². The van der Waals surface area contributed by atoms with Gasteiger partial charge in [0.05, 0.1) is 6.42 Å². The van der Waals surface area contributed by atoms with Gasteiger partial charge in [0, 0.05) is 0 Å². The molecule has 1 rings (SSSR count). The van der Waals surface area contributed by atoms with E-state index in [0.29, 0.717) is 5.92 Å². The smallest absolute Gasteiger partial charge is 0.307 e. The Bertz CT molecular complexity index is 182. The number of carboxylic acid groups (broad SMARTS) is 1. The Kier molecular flexibility index (Phi) is 2.69. The highest BCUT2D eigenvalue weighted by Crippen LogP contribution is 2.24. The van der Waals surface area contributed by atoms with Gasteiger partial charge in [-0.05, 0) is 25.2 Å². The van der Waals surface area contributed by atoms with Crippen LogP contribution in [-0.4, -0.2) is 11.1 Å². The Morgan fingerprint density at radius 2 is 2.55 bits per heavy atom. The van der Waals surface area contributed by atoms with Crippen LogP contribution in [-0.2, 0) is 4.79 Å². The highest BCUT2D eigenvalue weighted by molar-refractivity contribution is 5.70. The summed E-state index contributed by atoms with van der Waals surface area (Å²) in [6, 6.07) is 0. The van der Waals surface area contributed by atoms with Crippen LogP contribution in [0.3, 0.4) is 0 Å². The molecule has 1 aliphatic carbocycles. The van der Waals surface area contributed by atoms with Crippen molar-refractivity contribution in [1.29, 1.82) is 0 Å². The molecule has 0 heterocycles. The highest BCUT2D eigenvalue weighted by atomic mass is 16.4. The van der Waals surface area contributed by atoms with Crippen LogP contribution >= 0.6 is 0 Å². The molecule has 1 unspecified atom stereocenters. The van der Waals surface area contributed by atoms with Crippen molar-refractivity contribution in [2.24, 2.45) is 5.92 Å². The molecule has 2 heteroatoms. The minimum Gasteiger partial charge on any atom is -0.481 e. The SMILES string of the molecule is CC1C=C(CC(=O)O)CCC1. The van der Waals surface area contributed by atoms with Gasteiger partial charge < -0.3 is 5.11 Å². The zero-order chi connectivity index (χ0) is 8.27. The van der Waals surface area contributed by atoms with Gasteiger partial charge in [-0.25, -0.2) is 0 Å². The number of hydrogen-bond acceptors (Lipinski definition) is 1. The molecule has 1 aliphatic rings. The van der Waals surface area contributed by atoms with Gasteiger partial charge in [0.25, 0.3) is 0 Å². The molecular formula is C9H14O2. The van der Waals surface area contributed by atoms with E-state index in [9.17, 15) is 4.79 Å². The number of rotatable bonds is 2. The summed E-state index contributed by atoms with van der Waals surface area (Å²) in [5, 5.41) is 8.51. The van der Waals surface area contributed by atoms with E-state index in [1.807, 2.05) is 0 Å². The summed E-state index contributed by atoms with van der Waals surface area (Å²) in [5.74, 6) is -0.122. The molecule has 0 spiro atoms. The van der Waals surface area contributed by atoms with Gasteiger partial charge in [0.2, 0.25) is 0 Å². The fourth-order valence-electron chi connectivity index (χ4n) is 1.56. The van der Waals surface area contributed by atoms with E-state index in [1.165, 1.54) is 6.42 Å². The Morgan fingerprint density at radius 1 is 1.82 bits per heavy atom. The van der Waals surface area contributed by atoms with Crippen LogP contribution in [0, 0.1) is 5.92 Å². The molecule has 0 aromatic heterocycles. The van der Waals surface area contributed by atoms with Gasteiger partial charge in [-0.1, -0.05) is 18.6 Å². The second kappa shape index (κ2) is 3.56. The molecule has 11 heavy (non-hydrogen) atoms. The number of hydrogen-bond donors (Lipinski definition) is 1. The third kappa shape index (κ3) is 2.74. The Hall–Kier alpha value is -0.790. The molecule has 1 atom stereocenters. The van der Waals surface area contributed by atoms with Crippen molar-refractivity contribution >= 4 is 5.97 Å². The van der Waals surface area contributed by atoms with Crippen LogP contribution in [0.5, 0.6) is 0 Å². The van der Waals surface area contributed by atoms with E-state index in [4.69, 9.17) is 5.11 Å². The van der Waals surface area contributed by atoms with E-state index in [0.717, 1.165) is 18.4 Å². The fraction of sp³-hybridized carbons (Fsp3) is 0.667. The molecule has 0 radical (unpaired) electrons. The first-order chi connectivity index (χ1) is 5.18. The molecular weight excluding hydrogens is 140 g/mol. The molecule has 62 valence electrons. The van der Waals surface area contributed by atoms with Crippen molar-refractivity contribution in [2.75, 3.05) is 0 Å². The minimum absolute atomic E-state index is 0.240. The monoisotopic (exact) mass is 154 g/mol. The second-order valence-electron chi connectivity index (χ2n) is 3.26. The average molecular weight is 154 g/mol. The third-order valence-corrected chi connectivity index (χ3v) is 2.06. The summed E-state index contributed by atoms with van der Waals surface area (Å²) >= 11 is 0. The number of allylic oxidation sites excluding steroid dienone is 1. The lowest BCUT2D eigenvalue weighted by molar-refractivity contribution is -0.136. The fourth-order valence-corrected chi connectivity index (χ4v) is 1.56. The average Bonchev–Trinajstić information content (AvgIpc) is 1.85. The van der Waals surface area contributed by atoms with E-state index in [2.05, 4.69) is 13.0 Å². The van der Waals surface area contributed by atoms with Crippen molar-refractivity contribution in [3.8, 4) is 0 Å². The van der Waals surface area contributed by atoms with Crippen LogP contribution in [0.4, 0.5) is 0 Å². The van der Waals surface area contributed by atoms with Crippen LogP contribution in [0.15, 0.2) is 11.6 Å². The Balaban J connectivity index is 2.49. The first kappa shape index (κ1) is 8.31. The third-order valence-electron chi connectivity index (χ3n) is 2.06. The standard InChI is InChI=1S/C9H14O2/c1-7-3-2-4-8(5-7)6-9(10)11/h5,7H,2-4,6H2,1H3,(H,10,11). The van der Waals surface area contributed by atoms with Gasteiger partial charge in [0.15, 0.2) is 0 Å². The molecule has 0 aromatic carbocycles. The second-order valence-corrected chi connectivity index (χ2v) is 3.26. The van der Waals surface area contributed by atoms with E-state index >= 15 is 0 Å². The molecule has 0 saturated heterocycles. The quantitative estimate of drug-likeness (QED) is 0.619. The van der Waals surface area contributed by atoms with Gasteiger partial charge in [-0.2, -0.15) is 0 Å². The largest absolute Gasteiger partial charge is 0.481 e. The highest BCUT2D eigenvalue weighted by Gasteiger charge is 2.11. The molecule has 0 fully saturated rings. The predicted octanol–water partition coefficient (Wildman–Crippen LogP) is 2.21. The number of carboxylic acids is 1. The Morgan fingerprint density at radius 3 is 3.09 bits per heavy atom. The summed E-state index contributed by atoms with van der Waals surface area (Å²) in [6.07, 6.45) is 5.70. The van der Waals surface area contributed by atoms with Crippen LogP contribution in [0.25, 0.3) is 0 Å². The molecule has 0 aliphatic heterocycles. The summed E-state index contributed by atoms with van der Waals surface area (Å²) in [5.41, 5.74) is 1.11. The first-order valence-corrected chi connectivity index (χ1v) is 4.10. The number of aliphatic carboxylic acids is 1. The van der Waals surface area contributed by atoms with Gasteiger partial charge in [0.1, 0.15) is 0 Å². The molecule has 1 N–H and O–H groups in total. The van der Waals surface area contributed by atoms with Crippen LogP contribution in [0.2, 0.25) is 0 Å². The lowest BCUT2D eigenvalue weighted by atomic mass is 9.90. The Labute approximate surface area is 66.9 Å². The zero-order valence-corrected chi connectivity index (χ0v) is 6.84. The summed E-state index contributed by atoms with van der Waals surface area (Å²) in [6.45, 7) is 2.14. The van der Waals surface area contributed by atoms with Crippen molar-refractivity contribution in [1.82, 2.24) is 0 Å². The van der Waals surface area contributed by atoms with Crippen molar-refractivity contribution in [3.05, 3.63) is 11.6 Å². The minimum atomic E-state index is -0.703. The van der Waals surface area contributed by atoms with Crippen LogP contribution < -0.4 is 0 Å². The van der Waals surface area contributed by atoms with Crippen molar-refractivity contribution < 1.29 is 9.90 Å². The predicted molar refractivity (Wildman–Crippen MR) is 43.4 cm³/mol. The summed E-state index contributed by atoms with van der Waals surface area (Å²) in [4.78, 5) is 10.3. The number of carbonyl (C=O) groups is 1. The maximum absolute atomic E-state index is 10.3. The molecule has 0 bridgehead atoms. The summed E-state index contributed by atoms with van der Waals surface area (Å²) in [7, 11) is 0. The lowest BCUT2D eigenvalue weighted by Gasteiger charge is -2.15. The maximum Gasteiger partial charge on any atom is 0.307 e. The first-order valence-electron chi connectivity index (χ1n) is 4.10. The van der Waals surface area contributed by atoms with Crippen molar-refractivity contribution in [2.45, 2.75) is 32.6 Å². The van der Waals surface area contributed by atoms with E-state index < -0.39 is 5.97 Å². The maximum atomic E-state index is 10.3. The summed E-state index contributed by atoms with van der Waals surface area (Å²) < 4.78 is 0. The van der Waals surface area contributed by atoms with Gasteiger partial charge in [-0.3, -0.25) is 4.79 Å². The van der Waals surface area contributed by atoms with Crippen molar-refractivity contribution in [3.63, 3.8) is 0 Å².